The van der Waals surface area contributed by atoms with Gasteiger partial charge in [0.1, 0.15) is 10.8 Å². The molecule has 0 spiro atoms. The van der Waals surface area contributed by atoms with Gasteiger partial charge in [-0.3, -0.25) is 4.79 Å². The van der Waals surface area contributed by atoms with Gasteiger partial charge >= 0.3 is 6.18 Å². The molecule has 156 valence electrons. The Balaban J connectivity index is 1.66. The summed E-state index contributed by atoms with van der Waals surface area (Å²) in [4.78, 5) is 17.8. The number of nitrogens with one attached hydrogen (secondary N) is 1. The van der Waals surface area contributed by atoms with Crippen LogP contribution in [0.1, 0.15) is 10.4 Å². The zero-order valence-electron chi connectivity index (χ0n) is 14.9. The van der Waals surface area contributed by atoms with Crippen molar-refractivity contribution in [3.8, 4) is 5.88 Å². The number of alkyl halides is 3. The highest BCUT2D eigenvalue weighted by Crippen LogP contribution is 2.27. The average Bonchev–Trinajstić information content (AvgIpc) is 2.67. The normalized spacial score (nSPS) is 14.6. The first-order chi connectivity index (χ1) is 13.7. The van der Waals surface area contributed by atoms with E-state index in [0.717, 1.165) is 12.3 Å². The summed E-state index contributed by atoms with van der Waals surface area (Å²) in [5.74, 6) is -1.60. The molecule has 11 heteroatoms. The summed E-state index contributed by atoms with van der Waals surface area (Å²) >= 11 is 5.83. The first-order valence-corrected chi connectivity index (χ1v) is 8.89. The number of rotatable bonds is 5. The van der Waals surface area contributed by atoms with E-state index in [9.17, 15) is 22.4 Å². The standard InChI is InChI=1S/C18H16ClF4N3O3/c19-13-7-11(9-24-17(13)29-10-18(21,22)23)16(27)25-12-1-2-15(14(20)8-12)26-3-5-28-6-4-26/h1-2,7-9H,3-6,10H2,(H,25,27). The molecule has 1 aliphatic heterocycles. The molecule has 0 radical (unpaired) electrons. The van der Waals surface area contributed by atoms with E-state index in [4.69, 9.17) is 16.3 Å². The predicted octanol–water partition coefficient (Wildman–Crippen LogP) is 3.90. The lowest BCUT2D eigenvalue weighted by molar-refractivity contribution is -0.154. The maximum absolute atomic E-state index is 14.4. The molecule has 0 atom stereocenters. The number of hydrogen-bond donors (Lipinski definition) is 1. The fourth-order valence-corrected chi connectivity index (χ4v) is 2.88. The third kappa shape index (κ3) is 5.70. The molecule has 1 aliphatic rings. The summed E-state index contributed by atoms with van der Waals surface area (Å²) in [6, 6.07) is 5.39. The van der Waals surface area contributed by atoms with Crippen molar-refractivity contribution in [3.63, 3.8) is 0 Å². The van der Waals surface area contributed by atoms with Crippen molar-refractivity contribution in [2.24, 2.45) is 0 Å². The summed E-state index contributed by atoms with van der Waals surface area (Å²) < 4.78 is 60.7. The quantitative estimate of drug-likeness (QED) is 0.724. The third-order valence-electron chi connectivity index (χ3n) is 4.00. The molecule has 1 fully saturated rings. The van der Waals surface area contributed by atoms with Gasteiger partial charge in [0.25, 0.3) is 5.91 Å². The fraction of sp³-hybridized carbons (Fsp3) is 0.333. The minimum absolute atomic E-state index is 0.0213. The molecule has 1 aromatic heterocycles. The van der Waals surface area contributed by atoms with Crippen LogP contribution in [-0.4, -0.2) is 50.0 Å². The second kappa shape index (κ2) is 8.83. The Morgan fingerprint density at radius 3 is 2.62 bits per heavy atom. The van der Waals surface area contributed by atoms with Gasteiger partial charge in [-0.25, -0.2) is 9.37 Å². The lowest BCUT2D eigenvalue weighted by Crippen LogP contribution is -2.36. The SMILES string of the molecule is O=C(Nc1ccc(N2CCOCC2)c(F)c1)c1cnc(OCC(F)(F)F)c(Cl)c1. The van der Waals surface area contributed by atoms with E-state index < -0.39 is 30.4 Å². The van der Waals surface area contributed by atoms with Gasteiger partial charge in [-0.1, -0.05) is 11.6 Å². The Kier molecular flexibility index (Phi) is 6.43. The van der Waals surface area contributed by atoms with Crippen LogP contribution in [0, 0.1) is 5.82 Å². The number of hydrogen-bond acceptors (Lipinski definition) is 5. The number of carbonyl (C=O) groups excluding carboxylic acids is 1. The van der Waals surface area contributed by atoms with Crippen molar-refractivity contribution < 1.29 is 31.8 Å². The largest absolute Gasteiger partial charge is 0.467 e. The Hall–Kier alpha value is -2.59. The molecular formula is C18H16ClF4N3O3. The highest BCUT2D eigenvalue weighted by Gasteiger charge is 2.29. The second-order valence-corrected chi connectivity index (χ2v) is 6.54. The maximum atomic E-state index is 14.4. The van der Waals surface area contributed by atoms with Crippen LogP contribution in [0.5, 0.6) is 5.88 Å². The third-order valence-corrected chi connectivity index (χ3v) is 4.27. The lowest BCUT2D eigenvalue weighted by Gasteiger charge is -2.29. The fourth-order valence-electron chi connectivity index (χ4n) is 2.65. The van der Waals surface area contributed by atoms with Gasteiger partial charge in [0.05, 0.1) is 24.5 Å². The molecule has 6 nitrogen and oxygen atoms in total. The van der Waals surface area contributed by atoms with E-state index in [2.05, 4.69) is 15.0 Å². The van der Waals surface area contributed by atoms with E-state index in [1.54, 1.807) is 12.1 Å². The van der Waals surface area contributed by atoms with Crippen LogP contribution in [-0.2, 0) is 4.74 Å². The number of ether oxygens (including phenoxy) is 2. The summed E-state index contributed by atoms with van der Waals surface area (Å²) in [5.41, 5.74) is 0.590. The van der Waals surface area contributed by atoms with Crippen molar-refractivity contribution in [2.75, 3.05) is 43.1 Å². The molecule has 0 saturated carbocycles. The number of anilines is 2. The molecule has 1 aromatic carbocycles. The molecule has 1 N–H and O–H groups in total. The average molecular weight is 434 g/mol. The van der Waals surface area contributed by atoms with Gasteiger partial charge in [0.2, 0.25) is 5.88 Å². The number of pyridine rings is 1. The van der Waals surface area contributed by atoms with Crippen molar-refractivity contribution in [1.29, 1.82) is 0 Å². The Morgan fingerprint density at radius 2 is 2.00 bits per heavy atom. The molecule has 1 saturated heterocycles. The number of aromatic nitrogens is 1. The highest BCUT2D eigenvalue weighted by atomic mass is 35.5. The van der Waals surface area contributed by atoms with E-state index in [-0.39, 0.29) is 16.3 Å². The first-order valence-electron chi connectivity index (χ1n) is 8.51. The Labute approximate surface area is 168 Å². The van der Waals surface area contributed by atoms with Crippen LogP contribution >= 0.6 is 11.6 Å². The number of carbonyl (C=O) groups is 1. The van der Waals surface area contributed by atoms with Gasteiger partial charge in [-0.15, -0.1) is 0 Å². The van der Waals surface area contributed by atoms with Gasteiger partial charge in [-0.05, 0) is 24.3 Å². The molecule has 0 aliphatic carbocycles. The van der Waals surface area contributed by atoms with E-state index in [1.807, 2.05) is 4.90 Å². The van der Waals surface area contributed by atoms with Crippen LogP contribution in [0.4, 0.5) is 28.9 Å². The monoisotopic (exact) mass is 433 g/mol. The topological polar surface area (TPSA) is 63.7 Å². The Bertz CT molecular complexity index is 889. The molecule has 3 rings (SSSR count). The van der Waals surface area contributed by atoms with Gasteiger partial charge in [0, 0.05) is 25.0 Å². The van der Waals surface area contributed by atoms with Crippen LogP contribution in [0.2, 0.25) is 5.02 Å². The molecule has 0 unspecified atom stereocenters. The zero-order chi connectivity index (χ0) is 21.0. The lowest BCUT2D eigenvalue weighted by atomic mass is 10.2. The number of amides is 1. The molecule has 29 heavy (non-hydrogen) atoms. The summed E-state index contributed by atoms with van der Waals surface area (Å²) in [6.07, 6.45) is -3.52. The zero-order valence-corrected chi connectivity index (χ0v) is 15.7. The van der Waals surface area contributed by atoms with Crippen molar-refractivity contribution in [1.82, 2.24) is 4.98 Å². The molecular weight excluding hydrogens is 418 g/mol. The Morgan fingerprint density at radius 1 is 1.28 bits per heavy atom. The highest BCUT2D eigenvalue weighted by molar-refractivity contribution is 6.32. The molecule has 2 heterocycles. The van der Waals surface area contributed by atoms with Crippen molar-refractivity contribution in [3.05, 3.63) is 46.9 Å². The van der Waals surface area contributed by atoms with Gasteiger partial charge < -0.3 is 19.7 Å². The summed E-state index contributed by atoms with van der Waals surface area (Å²) in [6.45, 7) is 0.591. The molecule has 0 bridgehead atoms. The van der Waals surface area contributed by atoms with Gasteiger partial charge in [0.15, 0.2) is 6.61 Å². The van der Waals surface area contributed by atoms with E-state index in [0.29, 0.717) is 32.0 Å². The number of benzene rings is 1. The van der Waals surface area contributed by atoms with Crippen molar-refractivity contribution in [2.45, 2.75) is 6.18 Å². The van der Waals surface area contributed by atoms with Crippen LogP contribution in [0.25, 0.3) is 0 Å². The maximum Gasteiger partial charge on any atom is 0.422 e. The van der Waals surface area contributed by atoms with Crippen molar-refractivity contribution >= 4 is 28.9 Å². The molecule has 2 aromatic rings. The second-order valence-electron chi connectivity index (χ2n) is 6.13. The van der Waals surface area contributed by atoms with E-state index >= 15 is 0 Å². The number of morpholine rings is 1. The van der Waals surface area contributed by atoms with Crippen LogP contribution < -0.4 is 15.0 Å². The number of halogens is 5. The summed E-state index contributed by atoms with van der Waals surface area (Å²) in [5, 5.41) is 2.24. The predicted molar refractivity (Wildman–Crippen MR) is 98.2 cm³/mol. The van der Waals surface area contributed by atoms with Gasteiger partial charge in [-0.2, -0.15) is 13.2 Å². The molecule has 1 amide bonds. The minimum atomic E-state index is -4.54. The number of nitrogens with zero attached hydrogens (tertiary/aromatic N) is 2. The smallest absolute Gasteiger partial charge is 0.422 e. The van der Waals surface area contributed by atoms with Crippen LogP contribution in [0.3, 0.4) is 0 Å². The summed E-state index contributed by atoms with van der Waals surface area (Å²) in [7, 11) is 0. The minimum Gasteiger partial charge on any atom is -0.467 e. The first kappa shape index (κ1) is 21.1. The van der Waals surface area contributed by atoms with E-state index in [1.165, 1.54) is 6.07 Å². The van der Waals surface area contributed by atoms with Crippen LogP contribution in [0.15, 0.2) is 30.5 Å².